The number of ether oxygens (including phenoxy) is 2. The third kappa shape index (κ3) is 23.3. The first kappa shape index (κ1) is 96.3. The molecule has 19 rings (SSSR count). The lowest BCUT2D eigenvalue weighted by Crippen LogP contribution is -2.55. The van der Waals surface area contributed by atoms with Crippen LogP contribution in [0.2, 0.25) is 0 Å². The molecule has 7 N–H and O–H groups in total. The summed E-state index contributed by atoms with van der Waals surface area (Å²) in [5, 5.41) is 28.9. The highest BCUT2D eigenvalue weighted by Crippen LogP contribution is 2.54. The van der Waals surface area contributed by atoms with Crippen LogP contribution in [0.15, 0.2) is 231 Å². The van der Waals surface area contributed by atoms with Crippen molar-refractivity contribution in [2.24, 2.45) is 46.5 Å². The maximum atomic E-state index is 13.2. The van der Waals surface area contributed by atoms with E-state index in [0.29, 0.717) is 81.6 Å². The number of para-hydroxylation sites is 7. The van der Waals surface area contributed by atoms with Crippen LogP contribution in [0.25, 0.3) is 76.3 Å². The number of esters is 2. The van der Waals surface area contributed by atoms with Gasteiger partial charge in [0.25, 0.3) is 17.7 Å². The highest BCUT2D eigenvalue weighted by molar-refractivity contribution is 6.10. The Morgan fingerprint density at radius 2 is 0.843 bits per heavy atom. The second-order valence-corrected chi connectivity index (χ2v) is 37.2. The third-order valence-corrected chi connectivity index (χ3v) is 25.9. The molecular formula is C109H126FN15O9. The second kappa shape index (κ2) is 45.1. The Bertz CT molecular complexity index is 6580. The molecule has 0 aliphatic heterocycles. The van der Waals surface area contributed by atoms with Gasteiger partial charge in [-0.1, -0.05) is 251 Å². The van der Waals surface area contributed by atoms with Crippen molar-refractivity contribution >= 4 is 118 Å². The average Bonchev–Trinajstić information content (AvgIpc) is 1.08. The van der Waals surface area contributed by atoms with Crippen molar-refractivity contribution in [2.45, 2.75) is 222 Å². The van der Waals surface area contributed by atoms with Crippen molar-refractivity contribution in [2.75, 3.05) is 6.67 Å². The Morgan fingerprint density at radius 1 is 0.440 bits per heavy atom. The number of halogens is 1. The van der Waals surface area contributed by atoms with Crippen LogP contribution in [0, 0.1) is 41.9 Å². The summed E-state index contributed by atoms with van der Waals surface area (Å²) < 4.78 is 33.7. The smallest absolute Gasteiger partial charge is 0.345 e. The summed E-state index contributed by atoms with van der Waals surface area (Å²) in [6.45, 7) is 21.4. The molecule has 0 radical (unpaired) electrons. The lowest BCUT2D eigenvalue weighted by molar-refractivity contribution is -0.122. The quantitative estimate of drug-likeness (QED) is 0.0149. The van der Waals surface area contributed by atoms with Crippen molar-refractivity contribution in [3.8, 4) is 11.5 Å². The molecule has 15 aromatic rings. The number of aromatic nitrogens is 10. The van der Waals surface area contributed by atoms with Gasteiger partial charge in [-0.2, -0.15) is 15.3 Å². The number of hydrogen-bond acceptors (Lipinski definition) is 14. The van der Waals surface area contributed by atoms with E-state index in [2.05, 4.69) is 85.7 Å². The molecule has 4 aliphatic carbocycles. The number of nitrogens with zero attached hydrogens (tertiary/aromatic N) is 10. The predicted molar refractivity (Wildman–Crippen MR) is 529 cm³/mol. The molecule has 5 amide bonds. The van der Waals surface area contributed by atoms with Crippen LogP contribution in [-0.4, -0.2) is 115 Å². The fourth-order valence-corrected chi connectivity index (χ4v) is 19.2. The number of rotatable bonds is 32. The van der Waals surface area contributed by atoms with Crippen LogP contribution < -0.4 is 36.9 Å². The van der Waals surface area contributed by atoms with E-state index in [0.717, 1.165) is 154 Å². The van der Waals surface area contributed by atoms with Crippen LogP contribution in [0.3, 0.4) is 0 Å². The topological polar surface area (TPSA) is 315 Å². The molecule has 24 nitrogen and oxygen atoms in total. The van der Waals surface area contributed by atoms with Gasteiger partial charge in [0.1, 0.15) is 23.1 Å². The zero-order valence-electron chi connectivity index (χ0n) is 78.5. The van der Waals surface area contributed by atoms with Gasteiger partial charge in [0.2, 0.25) is 11.8 Å². The molecule has 2 atom stereocenters. The lowest BCUT2D eigenvalue weighted by atomic mass is 9.54. The number of amides is 5. The summed E-state index contributed by atoms with van der Waals surface area (Å²) in [7, 11) is 0. The summed E-state index contributed by atoms with van der Waals surface area (Å²) in [5.74, 6) is 1.50. The minimum atomic E-state index is -0.760. The number of nitrogens with one attached hydrogen (secondary N) is 3. The van der Waals surface area contributed by atoms with Gasteiger partial charge < -0.3 is 46.0 Å². The zero-order chi connectivity index (χ0) is 94.5. The van der Waals surface area contributed by atoms with Crippen molar-refractivity contribution in [1.29, 1.82) is 0 Å². The number of benzene rings is 8. The van der Waals surface area contributed by atoms with E-state index in [4.69, 9.17) is 26.0 Å². The summed E-state index contributed by atoms with van der Waals surface area (Å²) in [4.78, 5) is 96.7. The van der Waals surface area contributed by atoms with Gasteiger partial charge in [-0.3, -0.25) is 52.4 Å². The molecule has 2 unspecified atom stereocenters. The van der Waals surface area contributed by atoms with E-state index in [1.807, 2.05) is 242 Å². The van der Waals surface area contributed by atoms with Gasteiger partial charge in [-0.15, -0.1) is 0 Å². The second-order valence-electron chi connectivity index (χ2n) is 37.2. The van der Waals surface area contributed by atoms with Gasteiger partial charge in [-0.25, -0.2) is 9.59 Å². The van der Waals surface area contributed by atoms with Crippen molar-refractivity contribution in [1.82, 2.24) is 64.4 Å². The Balaban J connectivity index is 0.000000134. The summed E-state index contributed by atoms with van der Waals surface area (Å²) in [6, 6.07) is 65.0. The molecule has 698 valence electrons. The van der Waals surface area contributed by atoms with E-state index in [-0.39, 0.29) is 30.4 Å². The van der Waals surface area contributed by atoms with Crippen LogP contribution >= 0.6 is 0 Å². The maximum absolute atomic E-state index is 13.2. The van der Waals surface area contributed by atoms with Crippen molar-refractivity contribution in [3.05, 3.63) is 270 Å². The van der Waals surface area contributed by atoms with Crippen LogP contribution in [0.4, 0.5) is 4.39 Å². The molecular weight excluding hydrogens is 1680 g/mol. The highest BCUT2D eigenvalue weighted by atomic mass is 19.1. The molecule has 8 aromatic carbocycles. The molecule has 134 heavy (non-hydrogen) atoms. The highest BCUT2D eigenvalue weighted by Gasteiger charge is 2.49. The molecule has 4 fully saturated rings. The molecule has 4 saturated carbocycles. The minimum Gasteiger partial charge on any atom is -0.421 e. The number of nitrogens with two attached hydrogens (primary N) is 2. The molecule has 25 heteroatoms. The number of alkyl halides is 1. The number of aryl methyl sites for hydroxylation is 5. The van der Waals surface area contributed by atoms with Crippen molar-refractivity contribution in [3.63, 3.8) is 0 Å². The number of carbonyl (C=O) groups is 7. The van der Waals surface area contributed by atoms with Gasteiger partial charge in [0, 0.05) is 106 Å². The number of pyridine rings is 2. The fraction of sp³-hybridized carbons (Fsp3) is 0.376. The number of fused-ring (bicyclic) bond motifs is 7. The minimum absolute atomic E-state index is 0.0397. The first-order valence-corrected chi connectivity index (χ1v) is 47.7. The number of hydrogen-bond donors (Lipinski definition) is 5. The van der Waals surface area contributed by atoms with Gasteiger partial charge in [-0.05, 0) is 173 Å². The molecule has 7 heterocycles. The summed E-state index contributed by atoms with van der Waals surface area (Å²) in [5.41, 5.74) is 21.3. The van der Waals surface area contributed by atoms with E-state index in [1.54, 1.807) is 24.5 Å². The van der Waals surface area contributed by atoms with Crippen LogP contribution in [0.1, 0.15) is 228 Å². The first-order chi connectivity index (χ1) is 64.9. The Hall–Kier alpha value is -13.7. The maximum Gasteiger partial charge on any atom is 0.345 e. The largest absolute Gasteiger partial charge is 0.421 e. The first-order valence-electron chi connectivity index (χ1n) is 47.7. The van der Waals surface area contributed by atoms with E-state index < -0.39 is 41.2 Å². The molecule has 4 aliphatic rings. The van der Waals surface area contributed by atoms with E-state index >= 15 is 0 Å². The van der Waals surface area contributed by atoms with Crippen molar-refractivity contribution < 1.29 is 47.4 Å². The number of primary amides is 2. The number of carbonyl (C=O) groups excluding carboxylic acids is 7. The monoisotopic (exact) mass is 1810 g/mol. The average molecular weight is 1810 g/mol. The number of unbranched alkanes of at least 4 members (excludes halogenated alkanes) is 8. The zero-order valence-corrected chi connectivity index (χ0v) is 78.5. The summed E-state index contributed by atoms with van der Waals surface area (Å²) in [6.07, 6.45) is 26.3. The standard InChI is InChI=1S/C23H21FN2O2.C23H31N3O.C23H22N2O2.C21H24N4O2.C19H28N4O2/c24-13-4-1-5-15-26-16-19(18-10-2-3-11-20(18)26)23(27)28-21-12-6-8-17-9-7-14-25-22(17)21;1-2-3-6-9-26-20-8-5-4-7-19(20)22(25-26)23(27)24-21-17-11-15-10-16(13-17)14-18(21)12-15;1-2-3-6-15-25-16-19(18-11-4-5-12-20(18)25)23(26)27-21-13-7-9-17-10-8-14-24-22(17)21;1-13(2)18(20(22)26)23-21(27)19-16-6-4-5-7-17(16)25(24-19)12-15-10-8-14(3)9-11-15;1-5-6-9-12-23-14-11-8-7-10-13(14)15(22-23)18(25)21-16(17(20)24)19(2,3)4/h2-3,6-12,14,16H,1,4-5,13,15H2;4-5,7-8,15-18,21H,2-3,6,9-14H2,1H3,(H,24,27);4-5,7-14,16H,2-3,6,15H2,1H3;4-11,13,18H,12H2,1-3H3,(H2,22,26)(H,23,27);7-8,10-11,16H,5-6,9,12H2,1-4H3,(H2,20,24)(H,21,25). The van der Waals surface area contributed by atoms with Crippen LogP contribution in [-0.2, 0) is 42.3 Å². The normalized spacial score (nSPS) is 15.8. The van der Waals surface area contributed by atoms with Gasteiger partial charge >= 0.3 is 11.9 Å². The molecule has 4 bridgehead atoms. The molecule has 7 aromatic heterocycles. The lowest BCUT2D eigenvalue weighted by Gasteiger charge is -2.54. The fourth-order valence-electron chi connectivity index (χ4n) is 19.2. The predicted octanol–water partition coefficient (Wildman–Crippen LogP) is 21.4. The van der Waals surface area contributed by atoms with E-state index in [1.165, 1.54) is 63.4 Å². The molecule has 0 spiro atoms. The van der Waals surface area contributed by atoms with Crippen LogP contribution in [0.5, 0.6) is 11.5 Å². The Labute approximate surface area is 782 Å². The van der Waals surface area contributed by atoms with E-state index in [9.17, 15) is 38.0 Å². The van der Waals surface area contributed by atoms with Gasteiger partial charge in [0.05, 0.1) is 40.9 Å². The Morgan fingerprint density at radius 3 is 1.28 bits per heavy atom. The third-order valence-electron chi connectivity index (χ3n) is 25.9. The SMILES string of the molecule is CCCCCn1cc(C(=O)Oc2cccc3cccnc23)c2ccccc21.CCCCCn1nc(C(=O)NC(C(N)=O)C(C)(C)C)c2ccccc21.CCCCCn1nc(C(=O)NC2C3CC4CC(C3)CC2C4)c2ccccc21.Cc1ccc(Cn2nc(C(=O)NC(C(N)=O)C(C)C)c3ccccc32)cc1.O=C(Oc1cccc2cccnc12)c1cn(CCCCCF)c2ccccc12. The summed E-state index contributed by atoms with van der Waals surface area (Å²) >= 11 is 0. The van der Waals surface area contributed by atoms with Gasteiger partial charge in [0.15, 0.2) is 28.6 Å². The molecule has 0 saturated heterocycles. The Kier molecular flexibility index (Phi) is 32.5.